The minimum absolute atomic E-state index is 0.0857. The fourth-order valence-corrected chi connectivity index (χ4v) is 6.33. The second kappa shape index (κ2) is 11.6. The van der Waals surface area contributed by atoms with Crippen LogP contribution in [-0.2, 0) is 16.3 Å². The first-order valence-electron chi connectivity index (χ1n) is 12.9. The average molecular weight is 523 g/mol. The highest BCUT2D eigenvalue weighted by molar-refractivity contribution is 7.91. The zero-order chi connectivity index (χ0) is 26.5. The molecule has 2 heterocycles. The second-order valence-electron chi connectivity index (χ2n) is 11.0. The Labute approximate surface area is 221 Å². The maximum Gasteiger partial charge on any atom is 0.178 e. The summed E-state index contributed by atoms with van der Waals surface area (Å²) in [6.45, 7) is 11.7. The summed E-state index contributed by atoms with van der Waals surface area (Å²) in [5.41, 5.74) is 2.34. The van der Waals surface area contributed by atoms with Gasteiger partial charge in [0.2, 0.25) is 0 Å². The third-order valence-electron chi connectivity index (χ3n) is 6.26. The van der Waals surface area contributed by atoms with Crippen molar-refractivity contribution in [1.82, 2.24) is 14.9 Å². The number of nitrogens with zero attached hydrogens (tertiary/aromatic N) is 3. The first-order valence-corrected chi connectivity index (χ1v) is 14.6. The molecule has 0 unspecified atom stereocenters. The zero-order valence-electron chi connectivity index (χ0n) is 22.3. The molecule has 1 aliphatic rings. The Morgan fingerprint density at radius 2 is 1.78 bits per heavy atom. The van der Waals surface area contributed by atoms with Crippen LogP contribution in [0.15, 0.2) is 59.6 Å². The van der Waals surface area contributed by atoms with E-state index in [1.165, 1.54) is 25.9 Å². The van der Waals surface area contributed by atoms with Gasteiger partial charge in [-0.3, -0.25) is 4.90 Å². The molecule has 0 spiro atoms. The van der Waals surface area contributed by atoms with Gasteiger partial charge in [0.1, 0.15) is 24.0 Å². The molecular formula is C29H38N4O3S. The van der Waals surface area contributed by atoms with Gasteiger partial charge in [-0.1, -0.05) is 39.0 Å². The molecule has 1 aliphatic heterocycles. The van der Waals surface area contributed by atoms with E-state index in [1.807, 2.05) is 58.0 Å². The van der Waals surface area contributed by atoms with Crippen molar-refractivity contribution in [2.24, 2.45) is 5.41 Å². The van der Waals surface area contributed by atoms with Gasteiger partial charge in [0, 0.05) is 30.4 Å². The molecule has 8 heteroatoms. The fourth-order valence-electron chi connectivity index (χ4n) is 4.43. The van der Waals surface area contributed by atoms with E-state index in [0.717, 1.165) is 23.4 Å². The van der Waals surface area contributed by atoms with Crippen LogP contribution in [-0.4, -0.2) is 55.3 Å². The maximum absolute atomic E-state index is 12.9. The Bertz CT molecular complexity index is 1300. The van der Waals surface area contributed by atoms with Crippen molar-refractivity contribution < 1.29 is 13.2 Å². The van der Waals surface area contributed by atoms with Crippen molar-refractivity contribution in [2.45, 2.75) is 51.9 Å². The summed E-state index contributed by atoms with van der Waals surface area (Å²) in [6, 6.07) is 15.0. The van der Waals surface area contributed by atoms with E-state index >= 15 is 0 Å². The normalized spacial score (nSPS) is 14.6. The Hall–Kier alpha value is -2.97. The van der Waals surface area contributed by atoms with E-state index in [2.05, 4.69) is 15.2 Å². The number of sulfone groups is 1. The minimum atomic E-state index is -3.39. The smallest absolute Gasteiger partial charge is 0.178 e. The van der Waals surface area contributed by atoms with E-state index in [9.17, 15) is 8.42 Å². The highest BCUT2D eigenvalue weighted by Gasteiger charge is 2.23. The third kappa shape index (κ3) is 8.01. The molecule has 4 rings (SSSR count). The van der Waals surface area contributed by atoms with Crippen LogP contribution < -0.4 is 10.1 Å². The Morgan fingerprint density at radius 3 is 2.49 bits per heavy atom. The molecule has 198 valence electrons. The van der Waals surface area contributed by atoms with Gasteiger partial charge < -0.3 is 10.1 Å². The van der Waals surface area contributed by atoms with Gasteiger partial charge in [-0.05, 0) is 74.2 Å². The molecule has 7 nitrogen and oxygen atoms in total. The molecule has 37 heavy (non-hydrogen) atoms. The van der Waals surface area contributed by atoms with Gasteiger partial charge in [0.25, 0.3) is 0 Å². The maximum atomic E-state index is 12.9. The van der Waals surface area contributed by atoms with Crippen molar-refractivity contribution in [3.63, 3.8) is 0 Å². The van der Waals surface area contributed by atoms with E-state index in [-0.39, 0.29) is 11.2 Å². The number of benzene rings is 2. The Morgan fingerprint density at radius 1 is 1.05 bits per heavy atom. The summed E-state index contributed by atoms with van der Waals surface area (Å²) >= 11 is 0. The van der Waals surface area contributed by atoms with Gasteiger partial charge in [0.05, 0.1) is 10.6 Å². The molecule has 3 aromatic rings. The largest absolute Gasteiger partial charge is 0.492 e. The molecule has 0 atom stereocenters. The summed E-state index contributed by atoms with van der Waals surface area (Å²) in [4.78, 5) is 12.0. The number of aryl methyl sites for hydroxylation is 1. The monoisotopic (exact) mass is 522 g/mol. The highest BCUT2D eigenvalue weighted by atomic mass is 32.2. The lowest BCUT2D eigenvalue weighted by atomic mass is 10.0. The minimum Gasteiger partial charge on any atom is -0.492 e. The number of ether oxygens (including phenoxy) is 1. The van der Waals surface area contributed by atoms with Crippen LogP contribution in [0.4, 0.5) is 11.5 Å². The predicted octanol–water partition coefficient (Wildman–Crippen LogP) is 5.41. The van der Waals surface area contributed by atoms with E-state index < -0.39 is 9.84 Å². The molecule has 0 radical (unpaired) electrons. The predicted molar refractivity (Wildman–Crippen MR) is 148 cm³/mol. The highest BCUT2D eigenvalue weighted by Crippen LogP contribution is 2.26. The van der Waals surface area contributed by atoms with Crippen LogP contribution in [0.5, 0.6) is 5.75 Å². The molecule has 1 N–H and O–H groups in total. The SMILES string of the molecule is Cc1cnc(Cc2ccc(OCCN3CCCC3)cc2)nc1Nc1cccc(S(=O)(=O)CC(C)(C)C)c1. The number of likely N-dealkylation sites (tertiary alicyclic amines) is 1. The van der Waals surface area contributed by atoms with Gasteiger partial charge in [-0.2, -0.15) is 0 Å². The summed E-state index contributed by atoms with van der Waals surface area (Å²) < 4.78 is 31.6. The van der Waals surface area contributed by atoms with Crippen LogP contribution in [0.2, 0.25) is 0 Å². The molecule has 0 bridgehead atoms. The summed E-state index contributed by atoms with van der Waals surface area (Å²) in [6.07, 6.45) is 4.96. The van der Waals surface area contributed by atoms with E-state index in [4.69, 9.17) is 9.72 Å². The van der Waals surface area contributed by atoms with Crippen molar-refractivity contribution in [1.29, 1.82) is 0 Å². The van der Waals surface area contributed by atoms with Crippen molar-refractivity contribution in [3.05, 3.63) is 71.7 Å². The number of anilines is 2. The number of rotatable bonds is 10. The summed E-state index contributed by atoms with van der Waals surface area (Å²) in [7, 11) is -3.39. The third-order valence-corrected chi connectivity index (χ3v) is 8.48. The molecule has 0 aliphatic carbocycles. The number of hydrogen-bond acceptors (Lipinski definition) is 7. The van der Waals surface area contributed by atoms with E-state index in [0.29, 0.717) is 35.3 Å². The standard InChI is InChI=1S/C29H38N4O3S/c1-22-20-30-27(18-23-10-12-25(13-11-23)36-17-16-33-14-5-6-15-33)32-28(22)31-24-8-7-9-26(19-24)37(34,35)21-29(2,3)4/h7-13,19-20H,5-6,14-18,21H2,1-4H3,(H,30,31,32). The van der Waals surface area contributed by atoms with Gasteiger partial charge >= 0.3 is 0 Å². The summed E-state index contributed by atoms with van der Waals surface area (Å²) in [5.74, 6) is 2.31. The Kier molecular flexibility index (Phi) is 8.49. The lowest BCUT2D eigenvalue weighted by Gasteiger charge is -2.18. The zero-order valence-corrected chi connectivity index (χ0v) is 23.1. The topological polar surface area (TPSA) is 84.4 Å². The average Bonchev–Trinajstić information content (AvgIpc) is 3.35. The molecule has 0 amide bonds. The number of nitrogens with one attached hydrogen (secondary N) is 1. The van der Waals surface area contributed by atoms with Crippen molar-refractivity contribution >= 4 is 21.3 Å². The lowest BCUT2D eigenvalue weighted by molar-refractivity contribution is 0.238. The molecule has 1 saturated heterocycles. The number of aromatic nitrogens is 2. The van der Waals surface area contributed by atoms with Gasteiger partial charge in [-0.15, -0.1) is 0 Å². The molecular weight excluding hydrogens is 484 g/mol. The second-order valence-corrected chi connectivity index (χ2v) is 13.0. The van der Waals surface area contributed by atoms with Crippen LogP contribution in [0.3, 0.4) is 0 Å². The van der Waals surface area contributed by atoms with Crippen LogP contribution >= 0.6 is 0 Å². The van der Waals surface area contributed by atoms with Gasteiger partial charge in [0.15, 0.2) is 9.84 Å². The molecule has 2 aromatic carbocycles. The Balaban J connectivity index is 1.39. The van der Waals surface area contributed by atoms with Crippen LogP contribution in [0, 0.1) is 12.3 Å². The molecule has 0 saturated carbocycles. The van der Waals surface area contributed by atoms with Crippen molar-refractivity contribution in [2.75, 3.05) is 37.3 Å². The van der Waals surface area contributed by atoms with Crippen molar-refractivity contribution in [3.8, 4) is 5.75 Å². The number of hydrogen-bond donors (Lipinski definition) is 1. The van der Waals surface area contributed by atoms with Gasteiger partial charge in [-0.25, -0.2) is 18.4 Å². The molecule has 1 fully saturated rings. The first kappa shape index (κ1) is 27.1. The van der Waals surface area contributed by atoms with Crippen LogP contribution in [0.25, 0.3) is 0 Å². The quantitative estimate of drug-likeness (QED) is 0.381. The molecule has 1 aromatic heterocycles. The first-order chi connectivity index (χ1) is 17.6. The van der Waals surface area contributed by atoms with E-state index in [1.54, 1.807) is 24.4 Å². The summed E-state index contributed by atoms with van der Waals surface area (Å²) in [5, 5.41) is 3.29. The lowest BCUT2D eigenvalue weighted by Crippen LogP contribution is -2.25. The van der Waals surface area contributed by atoms with Crippen LogP contribution in [0.1, 0.15) is 50.6 Å². The fraction of sp³-hybridized carbons (Fsp3) is 0.448.